The molecule has 0 spiro atoms. The normalized spacial score (nSPS) is 14.8. The van der Waals surface area contributed by atoms with Crippen molar-refractivity contribution in [3.05, 3.63) is 22.4 Å². The summed E-state index contributed by atoms with van der Waals surface area (Å²) in [6.07, 6.45) is 2.00. The summed E-state index contributed by atoms with van der Waals surface area (Å²) < 4.78 is 0. The zero-order chi connectivity index (χ0) is 11.3. The number of nitrogens with two attached hydrogens (primary N) is 2. The molecule has 0 aromatic carbocycles. The molecule has 0 bridgehead atoms. The molecule has 15 heavy (non-hydrogen) atoms. The summed E-state index contributed by atoms with van der Waals surface area (Å²) in [5.74, 6) is -0.945. The molecule has 1 heterocycles. The van der Waals surface area contributed by atoms with Crippen molar-refractivity contribution in [1.82, 2.24) is 0 Å². The zero-order valence-electron chi connectivity index (χ0n) is 8.43. The fraction of sp³-hybridized carbons (Fsp3) is 0.500. The molecule has 0 amide bonds. The van der Waals surface area contributed by atoms with E-state index < -0.39 is 12.0 Å². The zero-order valence-corrected chi connectivity index (χ0v) is 9.24. The van der Waals surface area contributed by atoms with Gasteiger partial charge in [-0.2, -0.15) is 0 Å². The largest absolute Gasteiger partial charge is 0.480 e. The van der Waals surface area contributed by atoms with Gasteiger partial charge in [0.25, 0.3) is 0 Å². The Hall–Kier alpha value is -0.910. The lowest BCUT2D eigenvalue weighted by Crippen LogP contribution is -2.30. The molecule has 5 heteroatoms. The van der Waals surface area contributed by atoms with Crippen LogP contribution in [0, 0.1) is 0 Å². The van der Waals surface area contributed by atoms with E-state index in [2.05, 4.69) is 0 Å². The van der Waals surface area contributed by atoms with Crippen LogP contribution < -0.4 is 11.5 Å². The Balaban J connectivity index is 2.23. The van der Waals surface area contributed by atoms with E-state index in [4.69, 9.17) is 16.6 Å². The molecular formula is C10H16N2O2S. The van der Waals surface area contributed by atoms with Gasteiger partial charge < -0.3 is 16.6 Å². The molecule has 1 unspecified atom stereocenters. The number of hydrogen-bond donors (Lipinski definition) is 3. The second-order valence-electron chi connectivity index (χ2n) is 3.50. The number of carboxylic acid groups (broad SMARTS) is 1. The lowest BCUT2D eigenvalue weighted by molar-refractivity contribution is -0.138. The number of thiophene rings is 1. The predicted octanol–water partition coefficient (Wildman–Crippen LogP) is 1.33. The highest BCUT2D eigenvalue weighted by molar-refractivity contribution is 7.10. The molecule has 0 saturated heterocycles. The monoisotopic (exact) mass is 228 g/mol. The molecule has 4 nitrogen and oxygen atoms in total. The molecule has 0 aliphatic carbocycles. The molecule has 1 aromatic heterocycles. The molecule has 5 N–H and O–H groups in total. The van der Waals surface area contributed by atoms with Crippen molar-refractivity contribution in [2.75, 3.05) is 0 Å². The third-order valence-corrected chi connectivity index (χ3v) is 3.26. The van der Waals surface area contributed by atoms with Crippen LogP contribution in [-0.4, -0.2) is 17.1 Å². The Morgan fingerprint density at radius 2 is 2.20 bits per heavy atom. The minimum absolute atomic E-state index is 0.00555. The van der Waals surface area contributed by atoms with E-state index in [1.165, 1.54) is 0 Å². The number of carboxylic acids is 1. The third kappa shape index (κ3) is 3.99. The highest BCUT2D eigenvalue weighted by atomic mass is 32.1. The Morgan fingerprint density at radius 1 is 1.47 bits per heavy atom. The highest BCUT2D eigenvalue weighted by Crippen LogP contribution is 2.21. The maximum absolute atomic E-state index is 10.4. The molecular weight excluding hydrogens is 212 g/mol. The maximum atomic E-state index is 10.4. The first-order chi connectivity index (χ1) is 7.11. The first kappa shape index (κ1) is 12.2. The van der Waals surface area contributed by atoms with Gasteiger partial charge in [0.2, 0.25) is 0 Å². The van der Waals surface area contributed by atoms with Crippen LogP contribution in [0.4, 0.5) is 0 Å². The summed E-state index contributed by atoms with van der Waals surface area (Å²) in [6, 6.07) is 3.20. The van der Waals surface area contributed by atoms with Gasteiger partial charge in [0.05, 0.1) is 0 Å². The molecule has 2 atom stereocenters. The number of rotatable bonds is 6. The Bertz CT molecular complexity index is 300. The van der Waals surface area contributed by atoms with Gasteiger partial charge in [-0.15, -0.1) is 11.3 Å². The molecule has 0 aliphatic rings. The van der Waals surface area contributed by atoms with Gasteiger partial charge in [0.15, 0.2) is 0 Å². The average molecular weight is 228 g/mol. The fourth-order valence-electron chi connectivity index (χ4n) is 1.33. The summed E-state index contributed by atoms with van der Waals surface area (Å²) in [6.45, 7) is 0. The Kier molecular flexibility index (Phi) is 4.74. The van der Waals surface area contributed by atoms with Crippen LogP contribution in [-0.2, 0) is 4.79 Å². The molecule has 1 aromatic rings. The molecule has 1 rings (SSSR count). The van der Waals surface area contributed by atoms with Crippen molar-refractivity contribution in [1.29, 1.82) is 0 Å². The fourth-order valence-corrected chi connectivity index (χ4v) is 2.09. The number of hydrogen-bond acceptors (Lipinski definition) is 4. The standard InChI is InChI=1S/C10H16N2O2S/c11-7(9-5-2-6-15-9)3-1-4-8(12)10(13)14/h2,5-8H,1,3-4,11-12H2,(H,13,14)/t7?,8-/m0/s1. The summed E-state index contributed by atoms with van der Waals surface area (Å²) in [7, 11) is 0. The van der Waals surface area contributed by atoms with E-state index >= 15 is 0 Å². The van der Waals surface area contributed by atoms with E-state index in [9.17, 15) is 4.79 Å². The van der Waals surface area contributed by atoms with Crippen LogP contribution >= 0.6 is 11.3 Å². The molecule has 0 aliphatic heterocycles. The summed E-state index contributed by atoms with van der Waals surface area (Å²) >= 11 is 1.62. The molecule has 0 radical (unpaired) electrons. The first-order valence-electron chi connectivity index (χ1n) is 4.88. The van der Waals surface area contributed by atoms with Gasteiger partial charge in [0, 0.05) is 10.9 Å². The van der Waals surface area contributed by atoms with Gasteiger partial charge in [-0.3, -0.25) is 4.79 Å². The lowest BCUT2D eigenvalue weighted by Gasteiger charge is -2.10. The Morgan fingerprint density at radius 3 is 2.73 bits per heavy atom. The van der Waals surface area contributed by atoms with Crippen LogP contribution in [0.15, 0.2) is 17.5 Å². The summed E-state index contributed by atoms with van der Waals surface area (Å²) in [5, 5.41) is 10.6. The van der Waals surface area contributed by atoms with Crippen LogP contribution in [0.5, 0.6) is 0 Å². The molecule has 0 fully saturated rings. The Labute approximate surface area is 92.9 Å². The van der Waals surface area contributed by atoms with Gasteiger partial charge >= 0.3 is 5.97 Å². The first-order valence-corrected chi connectivity index (χ1v) is 5.76. The van der Waals surface area contributed by atoms with Gasteiger partial charge in [-0.1, -0.05) is 6.07 Å². The van der Waals surface area contributed by atoms with Crippen molar-refractivity contribution in [2.24, 2.45) is 11.5 Å². The predicted molar refractivity (Wildman–Crippen MR) is 60.7 cm³/mol. The van der Waals surface area contributed by atoms with Crippen LogP contribution in [0.3, 0.4) is 0 Å². The van der Waals surface area contributed by atoms with Gasteiger partial charge in [-0.25, -0.2) is 0 Å². The van der Waals surface area contributed by atoms with Crippen molar-refractivity contribution >= 4 is 17.3 Å². The van der Waals surface area contributed by atoms with Crippen LogP contribution in [0.25, 0.3) is 0 Å². The second kappa shape index (κ2) is 5.85. The minimum Gasteiger partial charge on any atom is -0.480 e. The molecule has 0 saturated carbocycles. The van der Waals surface area contributed by atoms with E-state index in [1.807, 2.05) is 17.5 Å². The van der Waals surface area contributed by atoms with E-state index in [0.29, 0.717) is 6.42 Å². The third-order valence-electron chi connectivity index (χ3n) is 2.26. The second-order valence-corrected chi connectivity index (χ2v) is 4.48. The number of carbonyl (C=O) groups is 1. The minimum atomic E-state index is -0.945. The smallest absolute Gasteiger partial charge is 0.320 e. The van der Waals surface area contributed by atoms with Gasteiger partial charge in [-0.05, 0) is 30.7 Å². The van der Waals surface area contributed by atoms with Crippen molar-refractivity contribution in [3.8, 4) is 0 Å². The van der Waals surface area contributed by atoms with Crippen molar-refractivity contribution in [2.45, 2.75) is 31.3 Å². The topological polar surface area (TPSA) is 89.3 Å². The average Bonchev–Trinajstić information content (AvgIpc) is 2.70. The summed E-state index contributed by atoms with van der Waals surface area (Å²) in [5.41, 5.74) is 11.3. The van der Waals surface area contributed by atoms with Crippen LogP contribution in [0.2, 0.25) is 0 Å². The van der Waals surface area contributed by atoms with Crippen molar-refractivity contribution in [3.63, 3.8) is 0 Å². The quantitative estimate of drug-likeness (QED) is 0.685. The highest BCUT2D eigenvalue weighted by Gasteiger charge is 2.12. The van der Waals surface area contributed by atoms with E-state index in [0.717, 1.165) is 17.7 Å². The van der Waals surface area contributed by atoms with Gasteiger partial charge in [0.1, 0.15) is 6.04 Å². The maximum Gasteiger partial charge on any atom is 0.320 e. The SMILES string of the molecule is NC(CCC[C@H](N)C(=O)O)c1cccs1. The lowest BCUT2D eigenvalue weighted by atomic mass is 10.1. The summed E-state index contributed by atoms with van der Waals surface area (Å²) in [4.78, 5) is 11.6. The number of aliphatic carboxylic acids is 1. The molecule has 84 valence electrons. The van der Waals surface area contributed by atoms with E-state index in [1.54, 1.807) is 11.3 Å². The van der Waals surface area contributed by atoms with E-state index in [-0.39, 0.29) is 6.04 Å². The van der Waals surface area contributed by atoms with Crippen molar-refractivity contribution < 1.29 is 9.90 Å². The van der Waals surface area contributed by atoms with Crippen LogP contribution in [0.1, 0.15) is 30.2 Å².